The van der Waals surface area contributed by atoms with Crippen LogP contribution in [0.15, 0.2) is 47.4 Å². The molecule has 3 rings (SSSR count). The van der Waals surface area contributed by atoms with Crippen molar-refractivity contribution in [1.29, 1.82) is 0 Å². The van der Waals surface area contributed by atoms with Crippen LogP contribution in [0.1, 0.15) is 29.5 Å². The summed E-state index contributed by atoms with van der Waals surface area (Å²) >= 11 is 0. The molecule has 0 heterocycles. The van der Waals surface area contributed by atoms with Gasteiger partial charge >= 0.3 is 0 Å². The first-order valence-electron chi connectivity index (χ1n) is 8.59. The van der Waals surface area contributed by atoms with Crippen molar-refractivity contribution < 1.29 is 22.1 Å². The number of aryl methyl sites for hydroxylation is 2. The van der Waals surface area contributed by atoms with E-state index in [1.54, 1.807) is 38.5 Å². The molecule has 0 bridgehead atoms. The Morgan fingerprint density at radius 1 is 1.08 bits per heavy atom. The molecule has 1 aliphatic rings. The van der Waals surface area contributed by atoms with E-state index in [2.05, 4.69) is 0 Å². The van der Waals surface area contributed by atoms with Crippen LogP contribution in [0.5, 0.6) is 5.75 Å². The summed E-state index contributed by atoms with van der Waals surface area (Å²) in [5.74, 6) is 0.716. The first-order valence-corrected chi connectivity index (χ1v) is 10.00. The Labute approximate surface area is 155 Å². The van der Waals surface area contributed by atoms with Crippen molar-refractivity contribution in [3.8, 4) is 5.75 Å². The monoisotopic (exact) mass is 376 g/mol. The first kappa shape index (κ1) is 18.9. The molecule has 5 nitrogen and oxygen atoms in total. The Balaban J connectivity index is 1.89. The molecule has 0 fully saturated rings. The van der Waals surface area contributed by atoms with E-state index in [1.807, 2.05) is 25.1 Å². The smallest absolute Gasteiger partial charge is 0.297 e. The summed E-state index contributed by atoms with van der Waals surface area (Å²) in [7, 11) is -0.652. The molecule has 26 heavy (non-hydrogen) atoms. The molecule has 2 aromatic carbocycles. The predicted molar refractivity (Wildman–Crippen MR) is 98.9 cm³/mol. The molecule has 2 aromatic rings. The van der Waals surface area contributed by atoms with E-state index in [1.165, 1.54) is 0 Å². The van der Waals surface area contributed by atoms with E-state index in [4.69, 9.17) is 13.7 Å². The highest BCUT2D eigenvalue weighted by molar-refractivity contribution is 7.86. The van der Waals surface area contributed by atoms with Gasteiger partial charge in [0.25, 0.3) is 10.1 Å². The van der Waals surface area contributed by atoms with Crippen LogP contribution in [0.25, 0.3) is 0 Å². The van der Waals surface area contributed by atoms with Crippen LogP contribution >= 0.6 is 0 Å². The number of fused-ring (bicyclic) bond motifs is 1. The van der Waals surface area contributed by atoms with Gasteiger partial charge in [-0.2, -0.15) is 8.42 Å². The maximum atomic E-state index is 12.6. The normalized spacial score (nSPS) is 19.8. The minimum Gasteiger partial charge on any atom is -0.497 e. The van der Waals surface area contributed by atoms with Crippen molar-refractivity contribution in [3.63, 3.8) is 0 Å². The molecule has 1 unspecified atom stereocenters. The van der Waals surface area contributed by atoms with Gasteiger partial charge in [-0.3, -0.25) is 4.18 Å². The van der Waals surface area contributed by atoms with E-state index in [9.17, 15) is 8.42 Å². The fourth-order valence-electron chi connectivity index (χ4n) is 3.39. The van der Waals surface area contributed by atoms with Crippen LogP contribution < -0.4 is 4.74 Å². The lowest BCUT2D eigenvalue weighted by Crippen LogP contribution is -2.38. The third kappa shape index (κ3) is 3.63. The van der Waals surface area contributed by atoms with Gasteiger partial charge < -0.3 is 9.47 Å². The minimum atomic E-state index is -3.85. The van der Waals surface area contributed by atoms with Crippen molar-refractivity contribution >= 4 is 10.1 Å². The van der Waals surface area contributed by atoms with Crippen LogP contribution in [0.4, 0.5) is 0 Å². The largest absolute Gasteiger partial charge is 0.497 e. The molecule has 140 valence electrons. The van der Waals surface area contributed by atoms with Crippen molar-refractivity contribution in [2.45, 2.75) is 36.7 Å². The Kier molecular flexibility index (Phi) is 5.37. The van der Waals surface area contributed by atoms with Gasteiger partial charge in [0.15, 0.2) is 0 Å². The molecule has 0 saturated heterocycles. The fraction of sp³-hybridized carbons (Fsp3) is 0.400. The van der Waals surface area contributed by atoms with Gasteiger partial charge in [-0.05, 0) is 61.6 Å². The van der Waals surface area contributed by atoms with Crippen molar-refractivity contribution in [1.82, 2.24) is 0 Å². The van der Waals surface area contributed by atoms with Crippen molar-refractivity contribution in [2.75, 3.05) is 20.8 Å². The molecular formula is C20H24O5S. The molecule has 0 spiro atoms. The lowest BCUT2D eigenvalue weighted by atomic mass is 9.79. The van der Waals surface area contributed by atoms with Gasteiger partial charge in [0.05, 0.1) is 18.6 Å². The number of hydrogen-bond donors (Lipinski definition) is 0. The van der Waals surface area contributed by atoms with Crippen LogP contribution in [0.3, 0.4) is 0 Å². The average molecular weight is 376 g/mol. The highest BCUT2D eigenvalue weighted by atomic mass is 32.2. The summed E-state index contributed by atoms with van der Waals surface area (Å²) < 4.78 is 41.7. The highest BCUT2D eigenvalue weighted by Gasteiger charge is 2.39. The second-order valence-corrected chi connectivity index (χ2v) is 8.22. The van der Waals surface area contributed by atoms with Crippen LogP contribution in [0, 0.1) is 6.92 Å². The van der Waals surface area contributed by atoms with Crippen LogP contribution in [-0.4, -0.2) is 29.2 Å². The van der Waals surface area contributed by atoms with Gasteiger partial charge in [0.2, 0.25) is 0 Å². The van der Waals surface area contributed by atoms with E-state index in [0.717, 1.165) is 29.5 Å². The maximum Gasteiger partial charge on any atom is 0.297 e. The second-order valence-electron chi connectivity index (χ2n) is 6.60. The number of ether oxygens (including phenoxy) is 2. The number of benzene rings is 2. The Morgan fingerprint density at radius 2 is 1.81 bits per heavy atom. The summed E-state index contributed by atoms with van der Waals surface area (Å²) in [5, 5.41) is 0. The summed E-state index contributed by atoms with van der Waals surface area (Å²) in [4.78, 5) is 0.149. The Bertz CT molecular complexity index is 874. The standard InChI is InChI=1S/C20H24O5S/c1-15-6-10-18(11-7-15)26(21,22)25-14-20(24-3)12-4-5-16-8-9-17(23-2)13-19(16)20/h6-11,13H,4-5,12,14H2,1-3H3. The van der Waals surface area contributed by atoms with Crippen molar-refractivity contribution in [2.24, 2.45) is 0 Å². The molecule has 0 N–H and O–H groups in total. The summed E-state index contributed by atoms with van der Waals surface area (Å²) in [6.45, 7) is 1.84. The van der Waals surface area contributed by atoms with E-state index >= 15 is 0 Å². The lowest BCUT2D eigenvalue weighted by Gasteiger charge is -2.37. The number of hydrogen-bond acceptors (Lipinski definition) is 5. The van der Waals surface area contributed by atoms with Crippen molar-refractivity contribution in [3.05, 3.63) is 59.2 Å². The molecular weight excluding hydrogens is 352 g/mol. The zero-order valence-electron chi connectivity index (χ0n) is 15.3. The molecule has 0 radical (unpaired) electrons. The molecule has 1 atom stereocenters. The third-order valence-electron chi connectivity index (χ3n) is 4.98. The minimum absolute atomic E-state index is 0.0696. The molecule has 0 saturated carbocycles. The number of methoxy groups -OCH3 is 2. The van der Waals surface area contributed by atoms with E-state index < -0.39 is 15.7 Å². The maximum absolute atomic E-state index is 12.6. The number of rotatable bonds is 6. The summed E-state index contributed by atoms with van der Waals surface area (Å²) in [6.07, 6.45) is 2.52. The Morgan fingerprint density at radius 3 is 2.46 bits per heavy atom. The molecule has 6 heteroatoms. The summed E-state index contributed by atoms with van der Waals surface area (Å²) in [6, 6.07) is 12.5. The molecule has 0 aromatic heterocycles. The van der Waals surface area contributed by atoms with Gasteiger partial charge in [0, 0.05) is 7.11 Å². The third-order valence-corrected chi connectivity index (χ3v) is 6.26. The SMILES string of the molecule is COc1ccc2c(c1)C(COS(=O)(=O)c1ccc(C)cc1)(OC)CCC2. The van der Waals surface area contributed by atoms with Gasteiger partial charge in [-0.1, -0.05) is 23.8 Å². The Hall–Kier alpha value is -1.89. The lowest BCUT2D eigenvalue weighted by molar-refractivity contribution is -0.0603. The highest BCUT2D eigenvalue weighted by Crippen LogP contribution is 2.40. The molecule has 1 aliphatic carbocycles. The average Bonchev–Trinajstić information content (AvgIpc) is 2.66. The topological polar surface area (TPSA) is 61.8 Å². The molecule has 0 amide bonds. The van der Waals surface area contributed by atoms with Crippen LogP contribution in [0.2, 0.25) is 0 Å². The van der Waals surface area contributed by atoms with E-state index in [-0.39, 0.29) is 11.5 Å². The molecule has 0 aliphatic heterocycles. The summed E-state index contributed by atoms with van der Waals surface area (Å²) in [5.41, 5.74) is 2.26. The van der Waals surface area contributed by atoms with Gasteiger partial charge in [-0.25, -0.2) is 0 Å². The zero-order chi connectivity index (χ0) is 18.8. The van der Waals surface area contributed by atoms with E-state index in [0.29, 0.717) is 12.2 Å². The zero-order valence-corrected chi connectivity index (χ0v) is 16.1. The van der Waals surface area contributed by atoms with Gasteiger partial charge in [0.1, 0.15) is 11.4 Å². The quantitative estimate of drug-likeness (QED) is 0.721. The van der Waals surface area contributed by atoms with Gasteiger partial charge in [-0.15, -0.1) is 0 Å². The van der Waals surface area contributed by atoms with Crippen LogP contribution in [-0.2, 0) is 31.1 Å². The second kappa shape index (κ2) is 7.39. The predicted octanol–water partition coefficient (Wildman–Crippen LogP) is 3.59. The fourth-order valence-corrected chi connectivity index (χ4v) is 4.34. The first-order chi connectivity index (χ1) is 12.4.